The first-order chi connectivity index (χ1) is 9.88. The number of carbonyl (C=O) groups is 1. The average molecular weight is 358 g/mol. The normalized spacial score (nSPS) is 11.1. The molecule has 0 unspecified atom stereocenters. The monoisotopic (exact) mass is 357 g/mol. The van der Waals surface area contributed by atoms with Crippen LogP contribution in [-0.2, 0) is 4.79 Å². The van der Waals surface area contributed by atoms with Crippen LogP contribution in [0.2, 0.25) is 0 Å². The zero-order valence-corrected chi connectivity index (χ0v) is 14.7. The Morgan fingerprint density at radius 1 is 1.14 bits per heavy atom. The lowest BCUT2D eigenvalue weighted by Crippen LogP contribution is -2.30. The van der Waals surface area contributed by atoms with Crippen LogP contribution in [0.5, 0.6) is 11.5 Å². The van der Waals surface area contributed by atoms with Gasteiger partial charge in [-0.2, -0.15) is 0 Å². The van der Waals surface area contributed by atoms with Gasteiger partial charge in [0, 0.05) is 11.8 Å². The van der Waals surface area contributed by atoms with Crippen molar-refractivity contribution >= 4 is 27.5 Å². The summed E-state index contributed by atoms with van der Waals surface area (Å²) in [6.45, 7) is 8.96. The van der Waals surface area contributed by atoms with Crippen LogP contribution in [0.1, 0.15) is 40.5 Å². The molecule has 0 aliphatic heterocycles. The maximum absolute atomic E-state index is 12.0. The van der Waals surface area contributed by atoms with Crippen molar-refractivity contribution in [2.45, 2.75) is 44.9 Å². The minimum atomic E-state index is -0.616. The highest BCUT2D eigenvalue weighted by atomic mass is 79.9. The summed E-state index contributed by atoms with van der Waals surface area (Å²) in [4.78, 5) is 12.0. The molecule has 0 bridgehead atoms. The van der Waals surface area contributed by atoms with E-state index in [0.29, 0.717) is 30.4 Å². The summed E-state index contributed by atoms with van der Waals surface area (Å²) >= 11 is 3.34. The quantitative estimate of drug-likeness (QED) is 0.702. The fraction of sp³-hybridized carbons (Fsp3) is 0.562. The fourth-order valence-electron chi connectivity index (χ4n) is 1.52. The third-order valence-electron chi connectivity index (χ3n) is 2.66. The molecule has 1 aromatic rings. The number of ether oxygens (including phenoxy) is 2. The van der Waals surface area contributed by atoms with Crippen molar-refractivity contribution in [3.63, 3.8) is 0 Å². The summed E-state index contributed by atoms with van der Waals surface area (Å²) in [5.41, 5.74) is 0.697. The van der Waals surface area contributed by atoms with Crippen LogP contribution >= 0.6 is 15.9 Å². The van der Waals surface area contributed by atoms with Gasteiger partial charge in [-0.1, -0.05) is 29.8 Å². The number of carbonyl (C=O) groups excluding carboxylic acids is 1. The van der Waals surface area contributed by atoms with Crippen molar-refractivity contribution in [1.82, 2.24) is 0 Å². The number of anilines is 1. The van der Waals surface area contributed by atoms with E-state index in [-0.39, 0.29) is 5.91 Å². The Kier molecular flexibility index (Phi) is 7.02. The van der Waals surface area contributed by atoms with E-state index in [1.807, 2.05) is 19.1 Å². The lowest BCUT2D eigenvalue weighted by atomic mass is 10.2. The molecule has 1 aromatic carbocycles. The van der Waals surface area contributed by atoms with E-state index in [2.05, 4.69) is 28.2 Å². The summed E-state index contributed by atoms with van der Waals surface area (Å²) < 4.78 is 10.8. The van der Waals surface area contributed by atoms with Crippen molar-refractivity contribution < 1.29 is 14.3 Å². The Morgan fingerprint density at radius 2 is 1.71 bits per heavy atom. The lowest BCUT2D eigenvalue weighted by molar-refractivity contribution is -0.117. The fourth-order valence-corrected chi connectivity index (χ4v) is 1.62. The predicted molar refractivity (Wildman–Crippen MR) is 89.6 cm³/mol. The zero-order valence-electron chi connectivity index (χ0n) is 13.2. The van der Waals surface area contributed by atoms with E-state index in [1.165, 1.54) is 0 Å². The van der Waals surface area contributed by atoms with Crippen LogP contribution in [-0.4, -0.2) is 23.4 Å². The van der Waals surface area contributed by atoms with E-state index >= 15 is 0 Å². The Bertz CT molecular complexity index is 469. The minimum Gasteiger partial charge on any atom is -0.490 e. The van der Waals surface area contributed by atoms with Crippen LogP contribution < -0.4 is 14.8 Å². The van der Waals surface area contributed by atoms with Crippen molar-refractivity contribution in [2.24, 2.45) is 0 Å². The molecule has 21 heavy (non-hydrogen) atoms. The van der Waals surface area contributed by atoms with Gasteiger partial charge in [0.1, 0.15) is 0 Å². The third kappa shape index (κ3) is 5.96. The van der Waals surface area contributed by atoms with E-state index < -0.39 is 4.32 Å². The smallest absolute Gasteiger partial charge is 0.240 e. The van der Waals surface area contributed by atoms with E-state index in [1.54, 1.807) is 19.9 Å². The molecule has 0 fully saturated rings. The summed E-state index contributed by atoms with van der Waals surface area (Å²) in [7, 11) is 0. The van der Waals surface area contributed by atoms with Crippen LogP contribution in [0.25, 0.3) is 0 Å². The highest BCUT2D eigenvalue weighted by Gasteiger charge is 2.23. The number of hydrogen-bond acceptors (Lipinski definition) is 3. The van der Waals surface area contributed by atoms with E-state index in [0.717, 1.165) is 12.8 Å². The molecule has 1 amide bonds. The first-order valence-corrected chi connectivity index (χ1v) is 8.07. The van der Waals surface area contributed by atoms with Gasteiger partial charge in [-0.25, -0.2) is 0 Å². The number of amides is 1. The largest absolute Gasteiger partial charge is 0.490 e. The molecule has 118 valence electrons. The number of benzene rings is 1. The molecular weight excluding hydrogens is 334 g/mol. The molecular formula is C16H24BrNO3. The standard InChI is InChI=1S/C16H24BrNO3/c1-5-9-20-13-8-7-12(11-14(13)21-10-6-2)18-15(19)16(3,4)17/h7-8,11H,5-6,9-10H2,1-4H3,(H,18,19). The van der Waals surface area contributed by atoms with Gasteiger partial charge in [0.15, 0.2) is 11.5 Å². The molecule has 0 aliphatic rings. The molecule has 0 radical (unpaired) electrons. The number of nitrogens with one attached hydrogen (secondary N) is 1. The van der Waals surface area contributed by atoms with Gasteiger partial charge in [-0.15, -0.1) is 0 Å². The Balaban J connectivity index is 2.89. The van der Waals surface area contributed by atoms with Crippen molar-refractivity contribution in [1.29, 1.82) is 0 Å². The highest BCUT2D eigenvalue weighted by molar-refractivity contribution is 9.10. The van der Waals surface area contributed by atoms with Crippen LogP contribution in [0.4, 0.5) is 5.69 Å². The molecule has 0 spiro atoms. The first-order valence-electron chi connectivity index (χ1n) is 7.28. The lowest BCUT2D eigenvalue weighted by Gasteiger charge is -2.17. The summed E-state index contributed by atoms with van der Waals surface area (Å²) in [6.07, 6.45) is 1.85. The van der Waals surface area contributed by atoms with Gasteiger partial charge in [0.25, 0.3) is 0 Å². The second-order valence-electron chi connectivity index (χ2n) is 5.29. The maximum atomic E-state index is 12.0. The van der Waals surface area contributed by atoms with Crippen molar-refractivity contribution in [2.75, 3.05) is 18.5 Å². The summed E-state index contributed by atoms with van der Waals surface area (Å²) in [6, 6.07) is 5.45. The van der Waals surface area contributed by atoms with Crippen LogP contribution in [0.15, 0.2) is 18.2 Å². The number of hydrogen-bond donors (Lipinski definition) is 1. The van der Waals surface area contributed by atoms with Gasteiger partial charge in [0.2, 0.25) is 5.91 Å². The average Bonchev–Trinajstić information content (AvgIpc) is 2.43. The molecule has 4 nitrogen and oxygen atoms in total. The Labute approximate surface area is 135 Å². The minimum absolute atomic E-state index is 0.105. The SMILES string of the molecule is CCCOc1ccc(NC(=O)C(C)(C)Br)cc1OCCC. The summed E-state index contributed by atoms with van der Waals surface area (Å²) in [5, 5.41) is 2.86. The molecule has 5 heteroatoms. The molecule has 0 aromatic heterocycles. The molecule has 0 saturated heterocycles. The van der Waals surface area contributed by atoms with Gasteiger partial charge in [-0.05, 0) is 38.8 Å². The molecule has 0 heterocycles. The summed E-state index contributed by atoms with van der Waals surface area (Å²) in [5.74, 6) is 1.27. The molecule has 1 N–H and O–H groups in total. The maximum Gasteiger partial charge on any atom is 0.240 e. The van der Waals surface area contributed by atoms with Gasteiger partial charge < -0.3 is 14.8 Å². The first kappa shape index (κ1) is 17.8. The second kappa shape index (κ2) is 8.27. The number of halogens is 1. The van der Waals surface area contributed by atoms with Crippen LogP contribution in [0, 0.1) is 0 Å². The molecule has 0 aliphatic carbocycles. The third-order valence-corrected chi connectivity index (χ3v) is 3.03. The number of alkyl halides is 1. The number of rotatable bonds is 8. The molecule has 0 saturated carbocycles. The van der Waals surface area contributed by atoms with Crippen molar-refractivity contribution in [3.8, 4) is 11.5 Å². The predicted octanol–water partition coefficient (Wildman–Crippen LogP) is 4.38. The van der Waals surface area contributed by atoms with E-state index in [9.17, 15) is 4.79 Å². The van der Waals surface area contributed by atoms with Gasteiger partial charge >= 0.3 is 0 Å². The van der Waals surface area contributed by atoms with Gasteiger partial charge in [0.05, 0.1) is 17.5 Å². The zero-order chi connectivity index (χ0) is 15.9. The molecule has 1 rings (SSSR count). The topological polar surface area (TPSA) is 47.6 Å². The van der Waals surface area contributed by atoms with E-state index in [4.69, 9.17) is 9.47 Å². The van der Waals surface area contributed by atoms with Crippen molar-refractivity contribution in [3.05, 3.63) is 18.2 Å². The Hall–Kier alpha value is -1.23. The van der Waals surface area contributed by atoms with Crippen LogP contribution in [0.3, 0.4) is 0 Å². The Morgan fingerprint density at radius 3 is 2.24 bits per heavy atom. The van der Waals surface area contributed by atoms with Gasteiger partial charge in [-0.3, -0.25) is 4.79 Å². The molecule has 0 atom stereocenters. The highest BCUT2D eigenvalue weighted by Crippen LogP contribution is 2.31. The second-order valence-corrected chi connectivity index (χ2v) is 7.27.